The van der Waals surface area contributed by atoms with E-state index < -0.39 is 0 Å². The lowest BCUT2D eigenvalue weighted by molar-refractivity contribution is -0.00239. The molecule has 4 rings (SSSR count). The van der Waals surface area contributed by atoms with Crippen LogP contribution in [0.3, 0.4) is 0 Å². The SMILES string of the molecule is Cc1cc(N2CC3(CN(C)C3)C2)ccc1/C(C=NCC1CCCCO1)=N/N. The Morgan fingerprint density at radius 3 is 2.74 bits per heavy atom. The fourth-order valence-electron chi connectivity index (χ4n) is 4.76. The summed E-state index contributed by atoms with van der Waals surface area (Å²) >= 11 is 0. The van der Waals surface area contributed by atoms with Crippen molar-refractivity contribution in [1.29, 1.82) is 0 Å². The number of anilines is 1. The molecule has 0 saturated carbocycles. The Balaban J connectivity index is 1.37. The number of nitrogens with two attached hydrogens (primary N) is 1. The summed E-state index contributed by atoms with van der Waals surface area (Å²) in [6.45, 7) is 8.44. The molecule has 2 N–H and O–H groups in total. The first kappa shape index (κ1) is 18.4. The first-order valence-corrected chi connectivity index (χ1v) is 10.0. The first-order valence-electron chi connectivity index (χ1n) is 10.0. The van der Waals surface area contributed by atoms with Crippen molar-refractivity contribution in [2.24, 2.45) is 21.4 Å². The van der Waals surface area contributed by atoms with Gasteiger partial charge in [-0.05, 0) is 50.9 Å². The molecule has 1 aromatic carbocycles. The average molecular weight is 370 g/mol. The van der Waals surface area contributed by atoms with E-state index in [1.54, 1.807) is 6.21 Å². The highest BCUT2D eigenvalue weighted by Gasteiger charge is 2.50. The van der Waals surface area contributed by atoms with Crippen LogP contribution in [0, 0.1) is 12.3 Å². The maximum atomic E-state index is 5.73. The first-order chi connectivity index (χ1) is 13.1. The van der Waals surface area contributed by atoms with Gasteiger partial charge in [0.05, 0.1) is 12.6 Å². The van der Waals surface area contributed by atoms with Crippen molar-refractivity contribution in [3.63, 3.8) is 0 Å². The summed E-state index contributed by atoms with van der Waals surface area (Å²) in [5.41, 5.74) is 4.80. The molecule has 1 unspecified atom stereocenters. The molecule has 6 heteroatoms. The number of hydrogen-bond acceptors (Lipinski definition) is 6. The van der Waals surface area contributed by atoms with E-state index in [0.717, 1.165) is 43.8 Å². The standard InChI is InChI=1S/C21H31N5O/c1-16-9-17(26-14-21(15-26)12-25(2)13-21)6-7-19(16)20(24-22)11-23-10-18-5-3-4-8-27-18/h6-7,9,11,18H,3-5,8,10,12-15,22H2,1-2H3/b23-11?,24-20+. The fraction of sp³-hybridized carbons (Fsp3) is 0.619. The van der Waals surface area contributed by atoms with Gasteiger partial charge >= 0.3 is 0 Å². The molecule has 1 atom stereocenters. The minimum absolute atomic E-state index is 0.238. The summed E-state index contributed by atoms with van der Waals surface area (Å²) in [5, 5.41) is 3.97. The van der Waals surface area contributed by atoms with Crippen molar-refractivity contribution in [3.8, 4) is 0 Å². The lowest BCUT2D eigenvalue weighted by atomic mass is 9.73. The summed E-state index contributed by atoms with van der Waals surface area (Å²) in [7, 11) is 2.20. The molecule has 0 bridgehead atoms. The largest absolute Gasteiger partial charge is 0.376 e. The Morgan fingerprint density at radius 1 is 1.30 bits per heavy atom. The highest BCUT2D eigenvalue weighted by atomic mass is 16.5. The van der Waals surface area contributed by atoms with Gasteiger partial charge in [-0.2, -0.15) is 5.10 Å². The molecular formula is C21H31N5O. The van der Waals surface area contributed by atoms with Crippen LogP contribution in [0.2, 0.25) is 0 Å². The van der Waals surface area contributed by atoms with E-state index in [2.05, 4.69) is 52.1 Å². The third kappa shape index (κ3) is 3.87. The lowest BCUT2D eigenvalue weighted by Gasteiger charge is -2.60. The second-order valence-electron chi connectivity index (χ2n) is 8.52. The molecule has 3 aliphatic rings. The van der Waals surface area contributed by atoms with Crippen LogP contribution in [-0.4, -0.2) is 69.3 Å². The molecule has 1 spiro atoms. The second kappa shape index (κ2) is 7.60. The van der Waals surface area contributed by atoms with E-state index >= 15 is 0 Å². The number of hydrazone groups is 1. The monoisotopic (exact) mass is 369 g/mol. The van der Waals surface area contributed by atoms with Gasteiger partial charge in [0, 0.05) is 55.7 Å². The van der Waals surface area contributed by atoms with Crippen LogP contribution < -0.4 is 10.7 Å². The molecule has 0 aromatic heterocycles. The second-order valence-corrected chi connectivity index (χ2v) is 8.52. The average Bonchev–Trinajstić information content (AvgIpc) is 2.62. The van der Waals surface area contributed by atoms with E-state index in [9.17, 15) is 0 Å². The molecule has 3 saturated heterocycles. The van der Waals surface area contributed by atoms with Crippen molar-refractivity contribution in [2.45, 2.75) is 32.3 Å². The smallest absolute Gasteiger partial charge is 0.108 e. The number of benzene rings is 1. The van der Waals surface area contributed by atoms with E-state index in [-0.39, 0.29) is 6.10 Å². The Kier molecular flexibility index (Phi) is 5.19. The molecule has 6 nitrogen and oxygen atoms in total. The van der Waals surface area contributed by atoms with Crippen molar-refractivity contribution in [1.82, 2.24) is 4.90 Å². The maximum absolute atomic E-state index is 5.73. The number of rotatable bonds is 5. The van der Waals surface area contributed by atoms with Crippen molar-refractivity contribution >= 4 is 17.6 Å². The van der Waals surface area contributed by atoms with Gasteiger partial charge < -0.3 is 20.4 Å². The van der Waals surface area contributed by atoms with Gasteiger partial charge in [0.25, 0.3) is 0 Å². The van der Waals surface area contributed by atoms with Gasteiger partial charge in [-0.25, -0.2) is 0 Å². The molecular weight excluding hydrogens is 338 g/mol. The molecule has 146 valence electrons. The number of ether oxygens (including phenoxy) is 1. The number of likely N-dealkylation sites (tertiary alicyclic amines) is 1. The zero-order chi connectivity index (χ0) is 18.9. The van der Waals surface area contributed by atoms with Crippen molar-refractivity contribution in [2.75, 3.05) is 51.3 Å². The highest BCUT2D eigenvalue weighted by Crippen LogP contribution is 2.41. The summed E-state index contributed by atoms with van der Waals surface area (Å²) in [6.07, 6.45) is 5.51. The third-order valence-corrected chi connectivity index (χ3v) is 6.05. The van der Waals surface area contributed by atoms with Gasteiger partial charge in [-0.3, -0.25) is 4.99 Å². The van der Waals surface area contributed by atoms with Crippen molar-refractivity contribution < 1.29 is 4.74 Å². The van der Waals surface area contributed by atoms with E-state index in [1.807, 2.05) is 0 Å². The van der Waals surface area contributed by atoms with Crippen LogP contribution in [0.15, 0.2) is 28.3 Å². The normalized spacial score (nSPS) is 25.6. The fourth-order valence-corrected chi connectivity index (χ4v) is 4.76. The molecule has 3 heterocycles. The van der Waals surface area contributed by atoms with E-state index in [1.165, 1.54) is 30.8 Å². The molecule has 1 aromatic rings. The quantitative estimate of drug-likeness (QED) is 0.490. The zero-order valence-corrected chi connectivity index (χ0v) is 16.5. The predicted octanol–water partition coefficient (Wildman–Crippen LogP) is 2.05. The van der Waals surface area contributed by atoms with Gasteiger partial charge in [0.2, 0.25) is 0 Å². The minimum Gasteiger partial charge on any atom is -0.376 e. The zero-order valence-electron chi connectivity index (χ0n) is 16.5. The van der Waals surface area contributed by atoms with E-state index in [4.69, 9.17) is 10.6 Å². The summed E-state index contributed by atoms with van der Waals surface area (Å²) in [4.78, 5) is 9.40. The van der Waals surface area contributed by atoms with Gasteiger partial charge in [0.1, 0.15) is 5.71 Å². The van der Waals surface area contributed by atoms with Crippen LogP contribution in [0.4, 0.5) is 5.69 Å². The van der Waals surface area contributed by atoms with Crippen LogP contribution in [0.5, 0.6) is 0 Å². The maximum Gasteiger partial charge on any atom is 0.108 e. The van der Waals surface area contributed by atoms with Crippen molar-refractivity contribution in [3.05, 3.63) is 29.3 Å². The Morgan fingerprint density at radius 2 is 2.11 bits per heavy atom. The number of aryl methyl sites for hydroxylation is 1. The summed E-state index contributed by atoms with van der Waals surface area (Å²) < 4.78 is 5.73. The molecule has 27 heavy (non-hydrogen) atoms. The highest BCUT2D eigenvalue weighted by molar-refractivity contribution is 6.38. The van der Waals surface area contributed by atoms with Crippen LogP contribution in [0.1, 0.15) is 30.4 Å². The van der Waals surface area contributed by atoms with Crippen LogP contribution >= 0.6 is 0 Å². The van der Waals surface area contributed by atoms with E-state index in [0.29, 0.717) is 12.0 Å². The number of aliphatic imine (C=N–C) groups is 1. The lowest BCUT2D eigenvalue weighted by Crippen LogP contribution is -2.71. The van der Waals surface area contributed by atoms with Crippen LogP contribution in [-0.2, 0) is 4.74 Å². The molecule has 3 aliphatic heterocycles. The summed E-state index contributed by atoms with van der Waals surface area (Å²) in [5.74, 6) is 5.65. The van der Waals surface area contributed by atoms with Crippen LogP contribution in [0.25, 0.3) is 0 Å². The molecule has 3 fully saturated rings. The molecule has 0 aliphatic carbocycles. The predicted molar refractivity (Wildman–Crippen MR) is 111 cm³/mol. The Hall–Kier alpha value is -1.92. The van der Waals surface area contributed by atoms with Gasteiger partial charge in [-0.1, -0.05) is 6.07 Å². The van der Waals surface area contributed by atoms with Gasteiger partial charge in [0.15, 0.2) is 0 Å². The molecule has 0 radical (unpaired) electrons. The third-order valence-electron chi connectivity index (χ3n) is 6.05. The molecule has 0 amide bonds. The number of hydrogen-bond donors (Lipinski definition) is 1. The van der Waals surface area contributed by atoms with Gasteiger partial charge in [-0.15, -0.1) is 0 Å². The Bertz CT molecular complexity index is 724. The number of nitrogens with zero attached hydrogens (tertiary/aromatic N) is 4. The Labute approximate surface area is 162 Å². The summed E-state index contributed by atoms with van der Waals surface area (Å²) in [6, 6.07) is 6.55. The topological polar surface area (TPSA) is 66.5 Å². The minimum atomic E-state index is 0.238.